The first-order valence-corrected chi connectivity index (χ1v) is 7.80. The molecule has 1 heterocycles. The number of hydrogen-bond donors (Lipinski definition) is 3. The van der Waals surface area contributed by atoms with E-state index in [1.54, 1.807) is 13.0 Å². The fourth-order valence-corrected chi connectivity index (χ4v) is 3.04. The Kier molecular flexibility index (Phi) is 5.35. The number of amides is 1. The molecule has 1 unspecified atom stereocenters. The average Bonchev–Trinajstić information content (AvgIpc) is 2.80. The number of aryl methyl sites for hydroxylation is 2. The van der Waals surface area contributed by atoms with Crippen LogP contribution in [0.3, 0.4) is 0 Å². The summed E-state index contributed by atoms with van der Waals surface area (Å²) >= 11 is 0.998. The summed E-state index contributed by atoms with van der Waals surface area (Å²) in [6, 6.07) is 3.25. The Labute approximate surface area is 141 Å². The maximum atomic E-state index is 11.6. The van der Waals surface area contributed by atoms with Gasteiger partial charge in [-0.05, 0) is 36.6 Å². The van der Waals surface area contributed by atoms with Crippen molar-refractivity contribution >= 4 is 41.0 Å². The van der Waals surface area contributed by atoms with Crippen LogP contribution in [0.4, 0.5) is 0 Å². The van der Waals surface area contributed by atoms with Gasteiger partial charge in [0.25, 0.3) is 0 Å². The molecule has 1 aromatic rings. The van der Waals surface area contributed by atoms with E-state index >= 15 is 0 Å². The van der Waals surface area contributed by atoms with Crippen molar-refractivity contribution in [1.82, 2.24) is 5.32 Å². The highest BCUT2D eigenvalue weighted by atomic mass is 32.2. The summed E-state index contributed by atoms with van der Waals surface area (Å²) in [6.45, 7) is 3.53. The van der Waals surface area contributed by atoms with Crippen molar-refractivity contribution in [3.63, 3.8) is 0 Å². The first-order valence-electron chi connectivity index (χ1n) is 6.93. The quantitative estimate of drug-likeness (QED) is 0.544. The molecule has 0 spiro atoms. The summed E-state index contributed by atoms with van der Waals surface area (Å²) in [6.07, 6.45) is 1.10. The van der Waals surface area contributed by atoms with Crippen LogP contribution in [0.25, 0.3) is 0 Å². The third kappa shape index (κ3) is 4.19. The van der Waals surface area contributed by atoms with E-state index in [0.29, 0.717) is 11.1 Å². The number of benzene rings is 1. The van der Waals surface area contributed by atoms with Gasteiger partial charge in [-0.2, -0.15) is 5.10 Å². The van der Waals surface area contributed by atoms with Crippen LogP contribution in [0.15, 0.2) is 22.3 Å². The number of thioether (sulfide) groups is 1. The number of amidine groups is 1. The van der Waals surface area contributed by atoms with Gasteiger partial charge in [0.2, 0.25) is 5.91 Å². The van der Waals surface area contributed by atoms with Gasteiger partial charge in [-0.3, -0.25) is 9.59 Å². The second-order valence-corrected chi connectivity index (χ2v) is 6.36. The number of carboxylic acids is 2. The van der Waals surface area contributed by atoms with Gasteiger partial charge in [0.1, 0.15) is 5.25 Å². The Morgan fingerprint density at radius 1 is 1.29 bits per heavy atom. The summed E-state index contributed by atoms with van der Waals surface area (Å²) in [4.78, 5) is 33.4. The third-order valence-corrected chi connectivity index (χ3v) is 4.40. The van der Waals surface area contributed by atoms with Crippen LogP contribution in [-0.2, 0) is 9.59 Å². The molecule has 1 aliphatic rings. The van der Waals surface area contributed by atoms with E-state index in [-0.39, 0.29) is 17.2 Å². The molecule has 0 bridgehead atoms. The van der Waals surface area contributed by atoms with Gasteiger partial charge < -0.3 is 15.5 Å². The molecule has 24 heavy (non-hydrogen) atoms. The zero-order valence-corrected chi connectivity index (χ0v) is 13.8. The average molecular weight is 349 g/mol. The van der Waals surface area contributed by atoms with Gasteiger partial charge in [0, 0.05) is 0 Å². The molecule has 1 amide bonds. The summed E-state index contributed by atoms with van der Waals surface area (Å²) in [5, 5.41) is 27.5. The van der Waals surface area contributed by atoms with Gasteiger partial charge >= 0.3 is 11.9 Å². The van der Waals surface area contributed by atoms with Crippen LogP contribution in [0.2, 0.25) is 0 Å². The molecular weight excluding hydrogens is 334 g/mol. The molecule has 126 valence electrons. The lowest BCUT2D eigenvalue weighted by Gasteiger charge is -2.05. The van der Waals surface area contributed by atoms with E-state index in [4.69, 9.17) is 10.2 Å². The van der Waals surface area contributed by atoms with Gasteiger partial charge in [0.15, 0.2) is 5.17 Å². The SMILES string of the molecule is Cc1cc(C)c(C(=O)O)cc1C=NN=C1NC(=O)C(CC(=O)O)S1. The molecule has 1 aliphatic heterocycles. The molecular formula is C15H15N3O5S. The molecule has 3 N–H and O–H groups in total. The van der Waals surface area contributed by atoms with E-state index in [0.717, 1.165) is 17.3 Å². The number of nitrogens with one attached hydrogen (secondary N) is 1. The largest absolute Gasteiger partial charge is 0.481 e. The van der Waals surface area contributed by atoms with Gasteiger partial charge in [-0.15, -0.1) is 5.10 Å². The fraction of sp³-hybridized carbons (Fsp3) is 0.267. The molecule has 8 nitrogen and oxygen atoms in total. The number of aromatic carboxylic acids is 1. The topological polar surface area (TPSA) is 128 Å². The van der Waals surface area contributed by atoms with E-state index in [9.17, 15) is 14.4 Å². The minimum Gasteiger partial charge on any atom is -0.481 e. The van der Waals surface area contributed by atoms with Crippen molar-refractivity contribution in [3.8, 4) is 0 Å². The number of hydrogen-bond acceptors (Lipinski definition) is 6. The molecule has 1 saturated heterocycles. The number of rotatable bonds is 5. The van der Waals surface area contributed by atoms with Crippen molar-refractivity contribution in [2.45, 2.75) is 25.5 Å². The molecule has 9 heteroatoms. The van der Waals surface area contributed by atoms with Crippen LogP contribution < -0.4 is 5.32 Å². The fourth-order valence-electron chi connectivity index (χ4n) is 2.13. The monoisotopic (exact) mass is 349 g/mol. The molecule has 1 fully saturated rings. The second kappa shape index (κ2) is 7.26. The van der Waals surface area contributed by atoms with Crippen LogP contribution in [0.5, 0.6) is 0 Å². The van der Waals surface area contributed by atoms with Crippen LogP contribution in [0.1, 0.15) is 33.5 Å². The summed E-state index contributed by atoms with van der Waals surface area (Å²) in [7, 11) is 0. The van der Waals surface area contributed by atoms with Crippen LogP contribution in [0, 0.1) is 13.8 Å². The van der Waals surface area contributed by atoms with Crippen LogP contribution >= 0.6 is 11.8 Å². The molecule has 2 rings (SSSR count). The molecule has 0 aromatic heterocycles. The predicted octanol–water partition coefficient (Wildman–Crippen LogP) is 1.40. The molecule has 0 aliphatic carbocycles. The van der Waals surface area contributed by atoms with E-state index in [2.05, 4.69) is 15.5 Å². The van der Waals surface area contributed by atoms with Gasteiger partial charge in [0.05, 0.1) is 18.2 Å². The van der Waals surface area contributed by atoms with Crippen molar-refractivity contribution < 1.29 is 24.6 Å². The summed E-state index contributed by atoms with van der Waals surface area (Å²) in [5.41, 5.74) is 2.27. The van der Waals surface area contributed by atoms with Gasteiger partial charge in [-0.1, -0.05) is 17.8 Å². The molecule has 1 aromatic carbocycles. The highest BCUT2D eigenvalue weighted by Gasteiger charge is 2.32. The zero-order valence-electron chi connectivity index (χ0n) is 12.9. The lowest BCUT2D eigenvalue weighted by molar-refractivity contribution is -0.138. The maximum absolute atomic E-state index is 11.6. The predicted molar refractivity (Wildman–Crippen MR) is 89.7 cm³/mol. The minimum atomic E-state index is -1.07. The lowest BCUT2D eigenvalue weighted by Crippen LogP contribution is -2.26. The Morgan fingerprint density at radius 2 is 2.00 bits per heavy atom. The van der Waals surface area contributed by atoms with Gasteiger partial charge in [-0.25, -0.2) is 4.79 Å². The number of nitrogens with zero attached hydrogens (tertiary/aromatic N) is 2. The van der Waals surface area contributed by atoms with E-state index in [1.807, 2.05) is 6.92 Å². The van der Waals surface area contributed by atoms with Crippen molar-refractivity contribution in [3.05, 3.63) is 34.4 Å². The van der Waals surface area contributed by atoms with Crippen molar-refractivity contribution in [2.75, 3.05) is 0 Å². The standard InChI is InChI=1S/C15H15N3O5S/c1-7-3-8(2)10(14(22)23)4-9(7)6-16-18-15-17-13(21)11(24-15)5-12(19)20/h3-4,6,11H,5H2,1-2H3,(H,19,20)(H,22,23)(H,17,18,21). The smallest absolute Gasteiger partial charge is 0.335 e. The van der Waals surface area contributed by atoms with Crippen LogP contribution in [-0.4, -0.2) is 44.7 Å². The Morgan fingerprint density at radius 3 is 2.62 bits per heavy atom. The molecule has 1 atom stereocenters. The minimum absolute atomic E-state index is 0.180. The third-order valence-electron chi connectivity index (χ3n) is 3.33. The summed E-state index contributed by atoms with van der Waals surface area (Å²) in [5.74, 6) is -2.51. The number of carbonyl (C=O) groups is 3. The maximum Gasteiger partial charge on any atom is 0.335 e. The second-order valence-electron chi connectivity index (χ2n) is 5.17. The highest BCUT2D eigenvalue weighted by Crippen LogP contribution is 2.22. The number of carbonyl (C=O) groups excluding carboxylic acids is 1. The molecule has 0 saturated carbocycles. The Balaban J connectivity index is 2.15. The number of aliphatic carboxylic acids is 1. The Bertz CT molecular complexity index is 773. The Hall–Kier alpha value is -2.68. The lowest BCUT2D eigenvalue weighted by atomic mass is 10.0. The number of carboxylic acid groups (broad SMARTS) is 2. The first-order chi connectivity index (χ1) is 11.3. The van der Waals surface area contributed by atoms with Crippen molar-refractivity contribution in [2.24, 2.45) is 10.2 Å². The van der Waals surface area contributed by atoms with Crippen molar-refractivity contribution in [1.29, 1.82) is 0 Å². The van der Waals surface area contributed by atoms with E-state index < -0.39 is 23.1 Å². The highest BCUT2D eigenvalue weighted by molar-refractivity contribution is 8.15. The first kappa shape index (κ1) is 17.7. The normalized spacial score (nSPS) is 19.0. The summed E-state index contributed by atoms with van der Waals surface area (Å²) < 4.78 is 0. The zero-order chi connectivity index (χ0) is 17.9. The van der Waals surface area contributed by atoms with E-state index in [1.165, 1.54) is 12.3 Å². The molecule has 0 radical (unpaired) electrons.